The number of aliphatic carboxylic acids is 1. The van der Waals surface area contributed by atoms with E-state index in [1.165, 1.54) is 0 Å². The number of carbonyl (C=O) groups is 1. The standard InChI is InChI=1S/C20H25NO4/c1-11(2)20-17(22)7-6-15(21-20)9-16-12(3)8-18(14(5)13(16)4)25-10-19(23)24/h6-8,11,22H,9-10H2,1-5H3,(H,23,24). The molecule has 5 heteroatoms. The SMILES string of the molecule is Cc1cc(OCC(=O)O)c(C)c(C)c1Cc1ccc(O)c(C(C)C)n1. The fraction of sp³-hybridized carbons (Fsp3) is 0.400. The lowest BCUT2D eigenvalue weighted by Gasteiger charge is -2.17. The Morgan fingerprint density at radius 2 is 1.88 bits per heavy atom. The van der Waals surface area contributed by atoms with Crippen LogP contribution >= 0.6 is 0 Å². The molecule has 134 valence electrons. The topological polar surface area (TPSA) is 79.7 Å². The second-order valence-corrected chi connectivity index (χ2v) is 6.64. The van der Waals surface area contributed by atoms with Crippen LogP contribution in [0.15, 0.2) is 18.2 Å². The van der Waals surface area contributed by atoms with Gasteiger partial charge in [-0.3, -0.25) is 4.98 Å². The van der Waals surface area contributed by atoms with E-state index >= 15 is 0 Å². The molecule has 0 aliphatic carbocycles. The number of carboxylic acid groups (broad SMARTS) is 1. The van der Waals surface area contributed by atoms with Gasteiger partial charge in [0.25, 0.3) is 0 Å². The first-order chi connectivity index (χ1) is 11.7. The molecule has 0 aliphatic rings. The summed E-state index contributed by atoms with van der Waals surface area (Å²) in [4.78, 5) is 15.3. The molecular formula is C20H25NO4. The Kier molecular flexibility index (Phi) is 5.67. The second-order valence-electron chi connectivity index (χ2n) is 6.64. The molecule has 5 nitrogen and oxygen atoms in total. The molecule has 1 aromatic carbocycles. The minimum Gasteiger partial charge on any atom is -0.506 e. The monoisotopic (exact) mass is 343 g/mol. The number of carboxylic acids is 1. The number of ether oxygens (including phenoxy) is 1. The van der Waals surface area contributed by atoms with Crippen molar-refractivity contribution in [3.05, 3.63) is 51.8 Å². The summed E-state index contributed by atoms with van der Waals surface area (Å²) >= 11 is 0. The van der Waals surface area contributed by atoms with Gasteiger partial charge in [0.1, 0.15) is 11.5 Å². The molecule has 1 aromatic heterocycles. The predicted molar refractivity (Wildman–Crippen MR) is 96.6 cm³/mol. The summed E-state index contributed by atoms with van der Waals surface area (Å²) in [5.74, 6) is -0.0209. The molecule has 25 heavy (non-hydrogen) atoms. The van der Waals surface area contributed by atoms with Crippen LogP contribution in [0.5, 0.6) is 11.5 Å². The lowest BCUT2D eigenvalue weighted by Crippen LogP contribution is -2.11. The van der Waals surface area contributed by atoms with Crippen LogP contribution in [0.25, 0.3) is 0 Å². The number of rotatable bonds is 6. The van der Waals surface area contributed by atoms with Gasteiger partial charge in [-0.25, -0.2) is 4.79 Å². The van der Waals surface area contributed by atoms with Crippen LogP contribution in [0.4, 0.5) is 0 Å². The molecule has 0 bridgehead atoms. The van der Waals surface area contributed by atoms with Crippen LogP contribution in [-0.4, -0.2) is 27.8 Å². The molecule has 2 N–H and O–H groups in total. The van der Waals surface area contributed by atoms with Crippen molar-refractivity contribution in [2.45, 2.75) is 47.0 Å². The molecule has 0 saturated heterocycles. The molecule has 0 fully saturated rings. The largest absolute Gasteiger partial charge is 0.506 e. The first-order valence-electron chi connectivity index (χ1n) is 8.33. The molecule has 0 spiro atoms. The Morgan fingerprint density at radius 1 is 1.20 bits per heavy atom. The molecule has 0 atom stereocenters. The van der Waals surface area contributed by atoms with Crippen molar-refractivity contribution in [2.75, 3.05) is 6.61 Å². The van der Waals surface area contributed by atoms with Gasteiger partial charge in [-0.15, -0.1) is 0 Å². The maximum atomic E-state index is 10.7. The number of hydrogen-bond donors (Lipinski definition) is 2. The van der Waals surface area contributed by atoms with Crippen molar-refractivity contribution in [3.8, 4) is 11.5 Å². The zero-order chi connectivity index (χ0) is 18.7. The fourth-order valence-corrected chi connectivity index (χ4v) is 2.87. The second kappa shape index (κ2) is 7.55. The first kappa shape index (κ1) is 18.8. The molecule has 0 amide bonds. The van der Waals surface area contributed by atoms with E-state index in [0.29, 0.717) is 17.9 Å². The van der Waals surface area contributed by atoms with Crippen LogP contribution < -0.4 is 4.74 Å². The molecule has 0 aliphatic heterocycles. The Labute approximate surface area is 148 Å². The van der Waals surface area contributed by atoms with Gasteiger partial charge >= 0.3 is 5.97 Å². The maximum absolute atomic E-state index is 10.7. The van der Waals surface area contributed by atoms with Crippen LogP contribution in [0.1, 0.15) is 53.4 Å². The van der Waals surface area contributed by atoms with Crippen molar-refractivity contribution < 1.29 is 19.7 Å². The molecule has 0 radical (unpaired) electrons. The van der Waals surface area contributed by atoms with E-state index in [2.05, 4.69) is 4.98 Å². The van der Waals surface area contributed by atoms with Gasteiger partial charge in [0, 0.05) is 12.1 Å². The predicted octanol–water partition coefficient (Wildman–Crippen LogP) is 3.89. The van der Waals surface area contributed by atoms with E-state index in [1.54, 1.807) is 6.07 Å². The Bertz CT molecular complexity index is 797. The molecule has 0 saturated carbocycles. The summed E-state index contributed by atoms with van der Waals surface area (Å²) in [7, 11) is 0. The van der Waals surface area contributed by atoms with Gasteiger partial charge in [0.2, 0.25) is 0 Å². The highest BCUT2D eigenvalue weighted by molar-refractivity contribution is 5.68. The lowest BCUT2D eigenvalue weighted by atomic mass is 9.93. The van der Waals surface area contributed by atoms with Crippen LogP contribution in [0, 0.1) is 20.8 Å². The van der Waals surface area contributed by atoms with Crippen molar-refractivity contribution in [1.29, 1.82) is 0 Å². The van der Waals surface area contributed by atoms with E-state index in [0.717, 1.165) is 27.9 Å². The molecular weight excluding hydrogens is 318 g/mol. The number of benzene rings is 1. The summed E-state index contributed by atoms with van der Waals surface area (Å²) in [6.45, 7) is 9.58. The maximum Gasteiger partial charge on any atom is 0.341 e. The highest BCUT2D eigenvalue weighted by Crippen LogP contribution is 2.30. The van der Waals surface area contributed by atoms with Crippen LogP contribution in [0.2, 0.25) is 0 Å². The third kappa shape index (κ3) is 4.29. The molecule has 2 aromatic rings. The van der Waals surface area contributed by atoms with Crippen molar-refractivity contribution in [2.24, 2.45) is 0 Å². The smallest absolute Gasteiger partial charge is 0.341 e. The minimum absolute atomic E-state index is 0.149. The lowest BCUT2D eigenvalue weighted by molar-refractivity contribution is -0.139. The summed E-state index contributed by atoms with van der Waals surface area (Å²) < 4.78 is 5.38. The summed E-state index contributed by atoms with van der Waals surface area (Å²) in [5, 5.41) is 18.7. The normalized spacial score (nSPS) is 11.0. The highest BCUT2D eigenvalue weighted by atomic mass is 16.5. The average Bonchev–Trinajstić information content (AvgIpc) is 2.54. The third-order valence-electron chi connectivity index (χ3n) is 4.42. The van der Waals surface area contributed by atoms with E-state index < -0.39 is 5.97 Å². The van der Waals surface area contributed by atoms with Gasteiger partial charge < -0.3 is 14.9 Å². The summed E-state index contributed by atoms with van der Waals surface area (Å²) in [5.41, 5.74) is 5.78. The first-order valence-corrected chi connectivity index (χ1v) is 8.33. The van der Waals surface area contributed by atoms with Crippen molar-refractivity contribution in [1.82, 2.24) is 4.98 Å². The number of nitrogens with zero attached hydrogens (tertiary/aromatic N) is 1. The number of pyridine rings is 1. The zero-order valence-corrected chi connectivity index (χ0v) is 15.4. The quantitative estimate of drug-likeness (QED) is 0.832. The number of aromatic hydroxyl groups is 1. The van der Waals surface area contributed by atoms with E-state index in [9.17, 15) is 9.90 Å². The van der Waals surface area contributed by atoms with Gasteiger partial charge in [-0.1, -0.05) is 13.8 Å². The average molecular weight is 343 g/mol. The van der Waals surface area contributed by atoms with Gasteiger partial charge in [-0.05, 0) is 67.1 Å². The molecule has 2 rings (SSSR count). The zero-order valence-electron chi connectivity index (χ0n) is 15.4. The number of hydrogen-bond acceptors (Lipinski definition) is 4. The summed E-state index contributed by atoms with van der Waals surface area (Å²) in [6, 6.07) is 5.41. The molecule has 0 unspecified atom stereocenters. The van der Waals surface area contributed by atoms with E-state index in [1.807, 2.05) is 46.8 Å². The summed E-state index contributed by atoms with van der Waals surface area (Å²) in [6.07, 6.45) is 0.651. The highest BCUT2D eigenvalue weighted by Gasteiger charge is 2.15. The van der Waals surface area contributed by atoms with Gasteiger partial charge in [-0.2, -0.15) is 0 Å². The Hall–Kier alpha value is -2.56. The number of aryl methyl sites for hydroxylation is 1. The van der Waals surface area contributed by atoms with Crippen molar-refractivity contribution >= 4 is 5.97 Å². The van der Waals surface area contributed by atoms with Gasteiger partial charge in [0.05, 0.1) is 5.69 Å². The van der Waals surface area contributed by atoms with Crippen molar-refractivity contribution in [3.63, 3.8) is 0 Å². The van der Waals surface area contributed by atoms with E-state index in [4.69, 9.17) is 9.84 Å². The van der Waals surface area contributed by atoms with Crippen LogP contribution in [-0.2, 0) is 11.2 Å². The fourth-order valence-electron chi connectivity index (χ4n) is 2.87. The minimum atomic E-state index is -0.992. The third-order valence-corrected chi connectivity index (χ3v) is 4.42. The van der Waals surface area contributed by atoms with Gasteiger partial charge in [0.15, 0.2) is 6.61 Å². The van der Waals surface area contributed by atoms with Crippen LogP contribution in [0.3, 0.4) is 0 Å². The Balaban J connectivity index is 2.36. The number of aromatic nitrogens is 1. The van der Waals surface area contributed by atoms with E-state index in [-0.39, 0.29) is 18.3 Å². The molecule has 1 heterocycles. The Morgan fingerprint density at radius 3 is 2.48 bits per heavy atom.